The van der Waals surface area contributed by atoms with Crippen LogP contribution < -0.4 is 0 Å². The highest BCUT2D eigenvalue weighted by atomic mass is 16.3. The molecule has 1 aliphatic heterocycles. The molecule has 3 aliphatic rings. The molecular formula is C34H41N3O. The van der Waals surface area contributed by atoms with Gasteiger partial charge in [0, 0.05) is 35.1 Å². The molecule has 0 radical (unpaired) electrons. The number of aryl methyl sites for hydroxylation is 2. The molecule has 2 fully saturated rings. The summed E-state index contributed by atoms with van der Waals surface area (Å²) in [6, 6.07) is 19.4. The molecule has 4 nitrogen and oxygen atoms in total. The highest BCUT2D eigenvalue weighted by Crippen LogP contribution is 2.67. The van der Waals surface area contributed by atoms with E-state index >= 15 is 0 Å². The predicted molar refractivity (Wildman–Crippen MR) is 159 cm³/mol. The van der Waals surface area contributed by atoms with Crippen molar-refractivity contribution in [3.8, 4) is 0 Å². The van der Waals surface area contributed by atoms with Crippen molar-refractivity contribution in [3.05, 3.63) is 112 Å². The van der Waals surface area contributed by atoms with Crippen molar-refractivity contribution in [2.45, 2.75) is 66.0 Å². The highest BCUT2D eigenvalue weighted by Gasteiger charge is 2.66. The number of fused-ring (bicyclic) bond motifs is 2. The molecule has 4 aromatic rings. The first kappa shape index (κ1) is 26.1. The molecule has 0 amide bonds. The fourth-order valence-corrected chi connectivity index (χ4v) is 6.29. The minimum absolute atomic E-state index is 0.164. The third kappa shape index (κ3) is 4.63. The Hall–Kier alpha value is -3.50. The van der Waals surface area contributed by atoms with E-state index in [4.69, 9.17) is 0 Å². The molecule has 2 aliphatic carbocycles. The second kappa shape index (κ2) is 10.3. The van der Waals surface area contributed by atoms with Crippen LogP contribution in [0.3, 0.4) is 0 Å². The molecule has 0 bridgehead atoms. The molecule has 198 valence electrons. The van der Waals surface area contributed by atoms with Crippen LogP contribution in [0.5, 0.6) is 0 Å². The van der Waals surface area contributed by atoms with E-state index in [1.165, 1.54) is 56.5 Å². The van der Waals surface area contributed by atoms with Gasteiger partial charge in [0.05, 0.1) is 12.2 Å². The predicted octanol–water partition coefficient (Wildman–Crippen LogP) is 7.95. The van der Waals surface area contributed by atoms with Crippen molar-refractivity contribution in [2.75, 3.05) is 6.54 Å². The maximum atomic E-state index is 10.5. The Kier molecular flexibility index (Phi) is 7.11. The number of allylic oxidation sites excluding steroid dienone is 2. The number of benzene rings is 2. The number of likely N-dealkylation sites (tertiary alicyclic amines) is 1. The number of rotatable bonds is 3. The number of H-pyrrole nitrogens is 2. The van der Waals surface area contributed by atoms with E-state index in [2.05, 4.69) is 109 Å². The summed E-state index contributed by atoms with van der Waals surface area (Å²) in [7, 11) is 0. The monoisotopic (exact) mass is 507 g/mol. The Bertz CT molecular complexity index is 1500. The Balaban J connectivity index is 0.000000192. The summed E-state index contributed by atoms with van der Waals surface area (Å²) < 4.78 is 0. The Morgan fingerprint density at radius 2 is 1.87 bits per heavy atom. The molecule has 3 heterocycles. The van der Waals surface area contributed by atoms with E-state index in [0.717, 1.165) is 18.8 Å². The lowest BCUT2D eigenvalue weighted by atomic mass is 9.85. The van der Waals surface area contributed by atoms with E-state index in [1.807, 2.05) is 20.0 Å². The van der Waals surface area contributed by atoms with Crippen molar-refractivity contribution in [2.24, 2.45) is 5.92 Å². The van der Waals surface area contributed by atoms with Gasteiger partial charge in [-0.3, -0.25) is 0 Å². The second-order valence-corrected chi connectivity index (χ2v) is 11.0. The van der Waals surface area contributed by atoms with Crippen LogP contribution in [-0.2, 0) is 12.0 Å². The van der Waals surface area contributed by atoms with Crippen molar-refractivity contribution in [1.29, 1.82) is 0 Å². The molecule has 2 aromatic heterocycles. The van der Waals surface area contributed by atoms with Crippen LogP contribution in [0.25, 0.3) is 17.0 Å². The molecular weight excluding hydrogens is 466 g/mol. The van der Waals surface area contributed by atoms with Crippen LogP contribution >= 0.6 is 0 Å². The highest BCUT2D eigenvalue weighted by molar-refractivity contribution is 5.81. The van der Waals surface area contributed by atoms with Gasteiger partial charge < -0.3 is 20.0 Å². The van der Waals surface area contributed by atoms with E-state index < -0.39 is 6.10 Å². The summed E-state index contributed by atoms with van der Waals surface area (Å²) in [5, 5.41) is 11.8. The van der Waals surface area contributed by atoms with Crippen molar-refractivity contribution in [3.63, 3.8) is 0 Å². The number of piperidine rings is 1. The normalized spacial score (nSPS) is 22.2. The Labute approximate surface area is 227 Å². The van der Waals surface area contributed by atoms with Crippen molar-refractivity contribution >= 4 is 17.0 Å². The van der Waals surface area contributed by atoms with Crippen LogP contribution in [0.1, 0.15) is 73.9 Å². The zero-order valence-electron chi connectivity index (χ0n) is 23.6. The van der Waals surface area contributed by atoms with Gasteiger partial charge in [0.1, 0.15) is 6.10 Å². The number of aliphatic hydroxyl groups excluding tert-OH is 1. The standard InChI is InChI=1S/C21H21N3O.C11H14.C2H6/c1-12-2-3-17-13(6-12)7-15(23-17)11-24-10-14-9-21(14)16-4-5-22-20(16)18(25)8-19(21)24;1-9(2)8-11-7-5-4-6-10(11)3;1-2/h2-8,14,18,22-23,25H,9-11H2,1H3;4-8H,1-3H3;1-2H3. The van der Waals surface area contributed by atoms with Crippen LogP contribution in [0, 0.1) is 19.8 Å². The number of aliphatic hydroxyl groups is 1. The smallest absolute Gasteiger partial charge is 0.114 e. The summed E-state index contributed by atoms with van der Waals surface area (Å²) in [6.07, 6.45) is 6.95. The lowest BCUT2D eigenvalue weighted by Gasteiger charge is -2.31. The molecule has 3 N–H and O–H groups in total. The summed E-state index contributed by atoms with van der Waals surface area (Å²) in [5.41, 5.74) is 11.5. The quantitative estimate of drug-likeness (QED) is 0.263. The lowest BCUT2D eigenvalue weighted by Crippen LogP contribution is -2.28. The number of aromatic nitrogens is 2. The van der Waals surface area contributed by atoms with E-state index in [9.17, 15) is 5.11 Å². The Morgan fingerprint density at radius 1 is 1.08 bits per heavy atom. The zero-order valence-corrected chi connectivity index (χ0v) is 23.6. The molecule has 3 unspecified atom stereocenters. The van der Waals surface area contributed by atoms with Gasteiger partial charge in [-0.05, 0) is 92.5 Å². The topological polar surface area (TPSA) is 55.1 Å². The average Bonchev–Trinajstić information content (AvgIpc) is 3.23. The summed E-state index contributed by atoms with van der Waals surface area (Å²) in [4.78, 5) is 9.26. The van der Waals surface area contributed by atoms with Gasteiger partial charge in [-0.1, -0.05) is 61.4 Å². The number of aromatic amines is 2. The number of nitrogens with zero attached hydrogens (tertiary/aromatic N) is 1. The first-order valence-electron chi connectivity index (χ1n) is 14.0. The molecule has 1 spiro atoms. The van der Waals surface area contributed by atoms with E-state index in [0.29, 0.717) is 5.92 Å². The summed E-state index contributed by atoms with van der Waals surface area (Å²) >= 11 is 0. The third-order valence-corrected chi connectivity index (χ3v) is 8.04. The molecule has 1 saturated carbocycles. The van der Waals surface area contributed by atoms with E-state index in [-0.39, 0.29) is 5.41 Å². The van der Waals surface area contributed by atoms with Crippen LogP contribution in [0.2, 0.25) is 0 Å². The number of hydrogen-bond acceptors (Lipinski definition) is 2. The van der Waals surface area contributed by atoms with Gasteiger partial charge >= 0.3 is 0 Å². The average molecular weight is 508 g/mol. The van der Waals surface area contributed by atoms with Gasteiger partial charge in [0.25, 0.3) is 0 Å². The molecule has 2 aromatic carbocycles. The second-order valence-electron chi connectivity index (χ2n) is 11.0. The molecule has 38 heavy (non-hydrogen) atoms. The molecule has 1 saturated heterocycles. The maximum absolute atomic E-state index is 10.5. The van der Waals surface area contributed by atoms with Gasteiger partial charge in [-0.2, -0.15) is 0 Å². The first-order chi connectivity index (χ1) is 18.3. The maximum Gasteiger partial charge on any atom is 0.114 e. The number of nitrogens with one attached hydrogen (secondary N) is 2. The lowest BCUT2D eigenvalue weighted by molar-refractivity contribution is 0.210. The number of hydrogen-bond donors (Lipinski definition) is 3. The fourth-order valence-electron chi connectivity index (χ4n) is 6.29. The molecule has 7 rings (SSSR count). The fraction of sp³-hybridized carbons (Fsp3) is 0.353. The molecule has 4 heteroatoms. The van der Waals surface area contributed by atoms with Gasteiger partial charge in [-0.25, -0.2) is 0 Å². The summed E-state index contributed by atoms with van der Waals surface area (Å²) in [6.45, 7) is 14.5. The molecule has 3 atom stereocenters. The van der Waals surface area contributed by atoms with Crippen LogP contribution in [-0.4, -0.2) is 26.5 Å². The van der Waals surface area contributed by atoms with Crippen LogP contribution in [0.15, 0.2) is 78.1 Å². The first-order valence-corrected chi connectivity index (χ1v) is 14.0. The minimum Gasteiger partial charge on any atom is -0.383 e. The van der Waals surface area contributed by atoms with Gasteiger partial charge in [0.2, 0.25) is 0 Å². The SMILES string of the molecule is CC.CC(C)=Cc1ccccc1C.Cc1ccc2[nH]c(CN3CC4CC45C3=CC(O)c3[nH]ccc35)cc2c1. The van der Waals surface area contributed by atoms with Crippen molar-refractivity contribution < 1.29 is 5.11 Å². The van der Waals surface area contributed by atoms with Gasteiger partial charge in [0.15, 0.2) is 0 Å². The van der Waals surface area contributed by atoms with Gasteiger partial charge in [-0.15, -0.1) is 0 Å². The Morgan fingerprint density at radius 3 is 2.63 bits per heavy atom. The largest absolute Gasteiger partial charge is 0.383 e. The third-order valence-electron chi connectivity index (χ3n) is 8.04. The summed E-state index contributed by atoms with van der Waals surface area (Å²) in [5.74, 6) is 0.687. The van der Waals surface area contributed by atoms with Crippen LogP contribution in [0.4, 0.5) is 0 Å². The van der Waals surface area contributed by atoms with E-state index in [1.54, 1.807) is 0 Å². The minimum atomic E-state index is -0.516. The zero-order chi connectivity index (χ0) is 27.0. The van der Waals surface area contributed by atoms with Crippen molar-refractivity contribution in [1.82, 2.24) is 14.9 Å².